The van der Waals surface area contributed by atoms with E-state index in [1.807, 2.05) is 36.1 Å². The van der Waals surface area contributed by atoms with Crippen molar-refractivity contribution in [2.24, 2.45) is 0 Å². The second-order valence-corrected chi connectivity index (χ2v) is 5.16. The smallest absolute Gasteiger partial charge is 0.253 e. The molecule has 0 spiro atoms. The standard InChI is InChI=1S/C16H23NO3/c1-3-10-20-15-7-5-14(6-8-15)16(18)17-9-4-11-19-13(2)12-17/h5-8,13H,3-4,9-12H2,1-2H3/t13-/m1/s1. The average Bonchev–Trinajstić information content (AvgIpc) is 2.69. The molecule has 1 heterocycles. The van der Waals surface area contributed by atoms with Crippen LogP contribution in [0.5, 0.6) is 5.75 Å². The van der Waals surface area contributed by atoms with Crippen LogP contribution in [0.25, 0.3) is 0 Å². The Hall–Kier alpha value is -1.55. The van der Waals surface area contributed by atoms with Crippen LogP contribution in [0, 0.1) is 0 Å². The molecule has 4 heteroatoms. The van der Waals surface area contributed by atoms with Crippen molar-refractivity contribution in [1.82, 2.24) is 4.90 Å². The van der Waals surface area contributed by atoms with Crippen LogP contribution in [0.2, 0.25) is 0 Å². The van der Waals surface area contributed by atoms with E-state index in [0.717, 1.165) is 31.7 Å². The molecule has 1 fully saturated rings. The zero-order valence-electron chi connectivity index (χ0n) is 12.3. The van der Waals surface area contributed by atoms with Crippen molar-refractivity contribution in [1.29, 1.82) is 0 Å². The number of rotatable bonds is 4. The number of hydrogen-bond acceptors (Lipinski definition) is 3. The lowest BCUT2D eigenvalue weighted by atomic mass is 10.2. The number of hydrogen-bond donors (Lipinski definition) is 0. The van der Waals surface area contributed by atoms with E-state index in [2.05, 4.69) is 6.92 Å². The van der Waals surface area contributed by atoms with E-state index in [4.69, 9.17) is 9.47 Å². The lowest BCUT2D eigenvalue weighted by Crippen LogP contribution is -2.35. The molecule has 1 aromatic rings. The van der Waals surface area contributed by atoms with Gasteiger partial charge in [0.05, 0.1) is 12.7 Å². The fourth-order valence-electron chi connectivity index (χ4n) is 2.27. The van der Waals surface area contributed by atoms with Gasteiger partial charge in [-0.1, -0.05) is 6.92 Å². The van der Waals surface area contributed by atoms with E-state index < -0.39 is 0 Å². The van der Waals surface area contributed by atoms with Crippen molar-refractivity contribution in [3.05, 3.63) is 29.8 Å². The van der Waals surface area contributed by atoms with Crippen molar-refractivity contribution in [3.63, 3.8) is 0 Å². The normalized spacial score (nSPS) is 19.5. The number of ether oxygens (including phenoxy) is 2. The molecule has 20 heavy (non-hydrogen) atoms. The maximum Gasteiger partial charge on any atom is 0.253 e. The predicted octanol–water partition coefficient (Wildman–Crippen LogP) is 2.73. The van der Waals surface area contributed by atoms with E-state index in [-0.39, 0.29) is 12.0 Å². The minimum absolute atomic E-state index is 0.0735. The Morgan fingerprint density at radius 3 is 2.85 bits per heavy atom. The summed E-state index contributed by atoms with van der Waals surface area (Å²) in [7, 11) is 0. The van der Waals surface area contributed by atoms with Gasteiger partial charge in [0.15, 0.2) is 0 Å². The van der Waals surface area contributed by atoms with E-state index in [1.165, 1.54) is 0 Å². The van der Waals surface area contributed by atoms with Gasteiger partial charge in [0.1, 0.15) is 5.75 Å². The van der Waals surface area contributed by atoms with Crippen LogP contribution in [-0.2, 0) is 4.74 Å². The number of carbonyl (C=O) groups is 1. The number of benzene rings is 1. The quantitative estimate of drug-likeness (QED) is 0.849. The van der Waals surface area contributed by atoms with Crippen molar-refractivity contribution in [2.75, 3.05) is 26.3 Å². The Morgan fingerprint density at radius 1 is 1.40 bits per heavy atom. The van der Waals surface area contributed by atoms with Gasteiger partial charge in [0.2, 0.25) is 0 Å². The molecule has 110 valence electrons. The molecular weight excluding hydrogens is 254 g/mol. The number of carbonyl (C=O) groups excluding carboxylic acids is 1. The molecule has 1 saturated heterocycles. The third-order valence-electron chi connectivity index (χ3n) is 3.31. The van der Waals surface area contributed by atoms with E-state index in [0.29, 0.717) is 18.7 Å². The first-order valence-corrected chi connectivity index (χ1v) is 7.34. The molecular formula is C16H23NO3. The molecule has 0 N–H and O–H groups in total. The predicted molar refractivity (Wildman–Crippen MR) is 78.2 cm³/mol. The topological polar surface area (TPSA) is 38.8 Å². The first kappa shape index (κ1) is 14.9. The Bertz CT molecular complexity index is 430. The first-order valence-electron chi connectivity index (χ1n) is 7.34. The van der Waals surface area contributed by atoms with Crippen LogP contribution >= 0.6 is 0 Å². The Morgan fingerprint density at radius 2 is 2.15 bits per heavy atom. The second kappa shape index (κ2) is 7.29. The molecule has 2 rings (SSSR count). The molecule has 1 atom stereocenters. The minimum Gasteiger partial charge on any atom is -0.494 e. The molecule has 1 amide bonds. The highest BCUT2D eigenvalue weighted by molar-refractivity contribution is 5.94. The highest BCUT2D eigenvalue weighted by atomic mass is 16.5. The fraction of sp³-hybridized carbons (Fsp3) is 0.562. The van der Waals surface area contributed by atoms with Crippen LogP contribution < -0.4 is 4.74 Å². The van der Waals surface area contributed by atoms with Gasteiger partial charge in [-0.2, -0.15) is 0 Å². The van der Waals surface area contributed by atoms with Crippen molar-refractivity contribution < 1.29 is 14.3 Å². The van der Waals surface area contributed by atoms with Gasteiger partial charge in [0, 0.05) is 25.3 Å². The molecule has 0 aliphatic carbocycles. The van der Waals surface area contributed by atoms with Crippen LogP contribution in [0.4, 0.5) is 0 Å². The third-order valence-corrected chi connectivity index (χ3v) is 3.31. The zero-order chi connectivity index (χ0) is 14.4. The van der Waals surface area contributed by atoms with Crippen LogP contribution in [0.3, 0.4) is 0 Å². The Kier molecular flexibility index (Phi) is 5.41. The minimum atomic E-state index is 0.0735. The molecule has 4 nitrogen and oxygen atoms in total. The lowest BCUT2D eigenvalue weighted by molar-refractivity contribution is 0.0562. The molecule has 1 aromatic carbocycles. The third kappa shape index (κ3) is 3.97. The first-order chi connectivity index (χ1) is 9.70. The van der Waals surface area contributed by atoms with Crippen molar-refractivity contribution >= 4 is 5.91 Å². The molecule has 0 saturated carbocycles. The van der Waals surface area contributed by atoms with E-state index >= 15 is 0 Å². The Balaban J connectivity index is 2.00. The second-order valence-electron chi connectivity index (χ2n) is 5.16. The highest BCUT2D eigenvalue weighted by Gasteiger charge is 2.20. The molecule has 1 aliphatic rings. The average molecular weight is 277 g/mol. The summed E-state index contributed by atoms with van der Waals surface area (Å²) < 4.78 is 11.1. The van der Waals surface area contributed by atoms with E-state index in [1.54, 1.807) is 0 Å². The maximum atomic E-state index is 12.5. The highest BCUT2D eigenvalue weighted by Crippen LogP contribution is 2.15. The summed E-state index contributed by atoms with van der Waals surface area (Å²) in [5, 5.41) is 0. The molecule has 0 aromatic heterocycles. The van der Waals surface area contributed by atoms with Gasteiger partial charge in [-0.15, -0.1) is 0 Å². The molecule has 0 radical (unpaired) electrons. The SMILES string of the molecule is CCCOc1ccc(C(=O)N2CCCO[C@H](C)C2)cc1. The fourth-order valence-corrected chi connectivity index (χ4v) is 2.27. The lowest BCUT2D eigenvalue weighted by Gasteiger charge is -2.22. The summed E-state index contributed by atoms with van der Waals surface area (Å²) >= 11 is 0. The van der Waals surface area contributed by atoms with Gasteiger partial charge in [-0.3, -0.25) is 4.79 Å². The zero-order valence-corrected chi connectivity index (χ0v) is 12.3. The van der Waals surface area contributed by atoms with Gasteiger partial charge in [-0.25, -0.2) is 0 Å². The Labute approximate surface area is 120 Å². The van der Waals surface area contributed by atoms with Crippen LogP contribution in [0.1, 0.15) is 37.0 Å². The van der Waals surface area contributed by atoms with Crippen LogP contribution in [0.15, 0.2) is 24.3 Å². The largest absolute Gasteiger partial charge is 0.494 e. The molecule has 0 bridgehead atoms. The van der Waals surface area contributed by atoms with Crippen molar-refractivity contribution in [3.8, 4) is 5.75 Å². The van der Waals surface area contributed by atoms with Crippen LogP contribution in [-0.4, -0.2) is 43.2 Å². The van der Waals surface area contributed by atoms with Gasteiger partial charge >= 0.3 is 0 Å². The molecule has 0 unspecified atom stereocenters. The number of amides is 1. The van der Waals surface area contributed by atoms with Gasteiger partial charge < -0.3 is 14.4 Å². The molecule has 1 aliphatic heterocycles. The van der Waals surface area contributed by atoms with Crippen molar-refractivity contribution in [2.45, 2.75) is 32.8 Å². The number of nitrogens with zero attached hydrogens (tertiary/aromatic N) is 1. The maximum absolute atomic E-state index is 12.5. The monoisotopic (exact) mass is 277 g/mol. The van der Waals surface area contributed by atoms with E-state index in [9.17, 15) is 4.79 Å². The summed E-state index contributed by atoms with van der Waals surface area (Å²) in [6.45, 7) is 6.93. The van der Waals surface area contributed by atoms with Gasteiger partial charge in [0.25, 0.3) is 5.91 Å². The summed E-state index contributed by atoms with van der Waals surface area (Å²) in [4.78, 5) is 14.3. The summed E-state index contributed by atoms with van der Waals surface area (Å²) in [6, 6.07) is 7.40. The summed E-state index contributed by atoms with van der Waals surface area (Å²) in [5.74, 6) is 0.889. The van der Waals surface area contributed by atoms with Gasteiger partial charge in [-0.05, 0) is 44.0 Å². The summed E-state index contributed by atoms with van der Waals surface area (Å²) in [5.41, 5.74) is 0.711. The summed E-state index contributed by atoms with van der Waals surface area (Å²) in [6.07, 6.45) is 1.98.